The molecule has 6 nitrogen and oxygen atoms in total. The summed E-state index contributed by atoms with van der Waals surface area (Å²) in [7, 11) is 4.86. The molecule has 2 amide bonds. The van der Waals surface area contributed by atoms with E-state index in [-0.39, 0.29) is 18.2 Å². The minimum absolute atomic E-state index is 0.0537. The average Bonchev–Trinajstić information content (AvgIpc) is 2.70. The van der Waals surface area contributed by atoms with Crippen LogP contribution in [0.3, 0.4) is 0 Å². The van der Waals surface area contributed by atoms with E-state index in [4.69, 9.17) is 9.47 Å². The van der Waals surface area contributed by atoms with Gasteiger partial charge in [-0.25, -0.2) is 4.39 Å². The molecular formula is C21H23FN2O4. The van der Waals surface area contributed by atoms with Crippen molar-refractivity contribution >= 4 is 17.5 Å². The van der Waals surface area contributed by atoms with Crippen molar-refractivity contribution in [2.45, 2.75) is 18.8 Å². The average molecular weight is 386 g/mol. The zero-order valence-electron chi connectivity index (χ0n) is 16.1. The second-order valence-corrected chi connectivity index (χ2v) is 6.74. The molecule has 0 saturated carbocycles. The number of ether oxygens (including phenoxy) is 2. The molecule has 28 heavy (non-hydrogen) atoms. The predicted octanol–water partition coefficient (Wildman–Crippen LogP) is 2.97. The van der Waals surface area contributed by atoms with Crippen LogP contribution in [0.4, 0.5) is 10.1 Å². The highest BCUT2D eigenvalue weighted by atomic mass is 19.1. The highest BCUT2D eigenvalue weighted by Gasteiger charge is 2.32. The minimum atomic E-state index is -0.611. The molecule has 1 heterocycles. The molecule has 1 aliphatic rings. The number of methoxy groups -OCH3 is 2. The van der Waals surface area contributed by atoms with E-state index in [1.54, 1.807) is 32.2 Å². The van der Waals surface area contributed by atoms with Crippen LogP contribution in [0.5, 0.6) is 11.5 Å². The highest BCUT2D eigenvalue weighted by molar-refractivity contribution is 6.01. The topological polar surface area (TPSA) is 67.9 Å². The second kappa shape index (κ2) is 8.29. The molecule has 0 unspecified atom stereocenters. The van der Waals surface area contributed by atoms with Gasteiger partial charge in [0.15, 0.2) is 11.5 Å². The van der Waals surface area contributed by atoms with Crippen LogP contribution in [0.2, 0.25) is 0 Å². The minimum Gasteiger partial charge on any atom is -0.493 e. The molecule has 0 bridgehead atoms. The van der Waals surface area contributed by atoms with Gasteiger partial charge in [-0.1, -0.05) is 12.1 Å². The zero-order valence-corrected chi connectivity index (χ0v) is 16.1. The summed E-state index contributed by atoms with van der Waals surface area (Å²) in [4.78, 5) is 26.5. The molecule has 0 aromatic heterocycles. The van der Waals surface area contributed by atoms with Gasteiger partial charge in [0.05, 0.1) is 20.1 Å². The van der Waals surface area contributed by atoms with Gasteiger partial charge in [0.2, 0.25) is 11.8 Å². The maximum Gasteiger partial charge on any atom is 0.230 e. The Balaban J connectivity index is 1.71. The number of nitrogens with one attached hydrogen (secondary N) is 1. The first kappa shape index (κ1) is 19.7. The molecule has 3 rings (SSSR count). The Hall–Kier alpha value is -3.09. The lowest BCUT2D eigenvalue weighted by Gasteiger charge is -2.28. The second-order valence-electron chi connectivity index (χ2n) is 6.74. The van der Waals surface area contributed by atoms with Crippen LogP contribution in [-0.4, -0.2) is 44.5 Å². The van der Waals surface area contributed by atoms with E-state index in [9.17, 15) is 14.0 Å². The number of halogens is 1. The highest BCUT2D eigenvalue weighted by Crippen LogP contribution is 2.34. The van der Waals surface area contributed by atoms with E-state index in [0.29, 0.717) is 35.7 Å². The molecular weight excluding hydrogens is 363 g/mol. The Morgan fingerprint density at radius 1 is 1.18 bits per heavy atom. The van der Waals surface area contributed by atoms with Crippen molar-refractivity contribution in [2.75, 3.05) is 33.1 Å². The summed E-state index contributed by atoms with van der Waals surface area (Å²) in [5, 5.41) is 2.63. The first-order valence-electron chi connectivity index (χ1n) is 8.98. The third-order valence-corrected chi connectivity index (χ3v) is 4.91. The lowest BCUT2D eigenvalue weighted by molar-refractivity contribution is -0.133. The molecule has 1 atom stereocenters. The van der Waals surface area contributed by atoms with Crippen LogP contribution < -0.4 is 14.8 Å². The molecule has 2 aromatic rings. The van der Waals surface area contributed by atoms with Gasteiger partial charge < -0.3 is 19.7 Å². The number of amides is 2. The Morgan fingerprint density at radius 2 is 1.93 bits per heavy atom. The molecule has 2 aromatic carbocycles. The normalized spacial score (nSPS) is 15.4. The third kappa shape index (κ3) is 4.08. The number of hydrogen-bond donors (Lipinski definition) is 1. The van der Waals surface area contributed by atoms with Crippen LogP contribution in [0.1, 0.15) is 23.5 Å². The molecule has 1 aliphatic heterocycles. The molecule has 0 aliphatic carbocycles. The molecule has 148 valence electrons. The number of carbonyl (C=O) groups is 2. The summed E-state index contributed by atoms with van der Waals surface area (Å²) in [5.41, 5.74) is 2.01. The standard InChI is InChI=1S/C21H23FN2O4/c1-24(9-8-13-4-7-18(27-2)19(10-13)28-3)21(26)16-12-20(25)23-17-11-14(22)5-6-15(16)17/h4-7,10-11,16H,8-9,12H2,1-3H3,(H,23,25)/t16-/m0/s1. The van der Waals surface area contributed by atoms with Gasteiger partial charge in [-0.15, -0.1) is 0 Å². The fourth-order valence-corrected chi connectivity index (χ4v) is 3.37. The summed E-state index contributed by atoms with van der Waals surface area (Å²) < 4.78 is 24.0. The quantitative estimate of drug-likeness (QED) is 0.829. The van der Waals surface area contributed by atoms with E-state index >= 15 is 0 Å². The first-order chi connectivity index (χ1) is 13.4. The van der Waals surface area contributed by atoms with Crippen LogP contribution in [0, 0.1) is 5.82 Å². The van der Waals surface area contributed by atoms with E-state index in [0.717, 1.165) is 5.56 Å². The number of nitrogens with zero attached hydrogens (tertiary/aromatic N) is 1. The Morgan fingerprint density at radius 3 is 2.64 bits per heavy atom. The fraction of sp³-hybridized carbons (Fsp3) is 0.333. The van der Waals surface area contributed by atoms with Crippen molar-refractivity contribution in [2.24, 2.45) is 0 Å². The van der Waals surface area contributed by atoms with Crippen molar-refractivity contribution < 1.29 is 23.5 Å². The third-order valence-electron chi connectivity index (χ3n) is 4.91. The van der Waals surface area contributed by atoms with E-state index in [1.165, 1.54) is 12.1 Å². The fourth-order valence-electron chi connectivity index (χ4n) is 3.37. The summed E-state index contributed by atoms with van der Waals surface area (Å²) in [5.74, 6) is -0.233. The van der Waals surface area contributed by atoms with E-state index in [2.05, 4.69) is 5.32 Å². The Kier molecular flexibility index (Phi) is 5.82. The van der Waals surface area contributed by atoms with Gasteiger partial charge >= 0.3 is 0 Å². The van der Waals surface area contributed by atoms with Gasteiger partial charge in [-0.05, 0) is 41.8 Å². The summed E-state index contributed by atoms with van der Waals surface area (Å²) in [6, 6.07) is 9.74. The SMILES string of the molecule is COc1ccc(CCN(C)C(=O)[C@H]2CC(=O)Nc3cc(F)ccc32)cc1OC. The lowest BCUT2D eigenvalue weighted by Crippen LogP contribution is -2.37. The van der Waals surface area contributed by atoms with Crippen LogP contribution in [-0.2, 0) is 16.0 Å². The monoisotopic (exact) mass is 386 g/mol. The number of carbonyl (C=O) groups excluding carboxylic acids is 2. The van der Waals surface area contributed by atoms with E-state index in [1.807, 2.05) is 18.2 Å². The van der Waals surface area contributed by atoms with Gasteiger partial charge in [0, 0.05) is 25.7 Å². The summed E-state index contributed by atoms with van der Waals surface area (Å²) in [6.45, 7) is 0.475. The van der Waals surface area contributed by atoms with Crippen molar-refractivity contribution in [1.29, 1.82) is 0 Å². The number of benzene rings is 2. The van der Waals surface area contributed by atoms with Crippen molar-refractivity contribution in [3.05, 3.63) is 53.3 Å². The number of rotatable bonds is 6. The maximum absolute atomic E-state index is 13.5. The number of anilines is 1. The molecule has 0 saturated heterocycles. The largest absolute Gasteiger partial charge is 0.493 e. The van der Waals surface area contributed by atoms with E-state index < -0.39 is 11.7 Å². The predicted molar refractivity (Wildman–Crippen MR) is 103 cm³/mol. The maximum atomic E-state index is 13.5. The van der Waals surface area contributed by atoms with Gasteiger partial charge in [-0.3, -0.25) is 9.59 Å². The number of fused-ring (bicyclic) bond motifs is 1. The smallest absolute Gasteiger partial charge is 0.230 e. The van der Waals surface area contributed by atoms with Crippen LogP contribution in [0.15, 0.2) is 36.4 Å². The molecule has 0 fully saturated rings. The van der Waals surface area contributed by atoms with Crippen molar-refractivity contribution in [3.63, 3.8) is 0 Å². The van der Waals surface area contributed by atoms with Gasteiger partial charge in [0.25, 0.3) is 0 Å². The van der Waals surface area contributed by atoms with Crippen molar-refractivity contribution in [3.8, 4) is 11.5 Å². The summed E-state index contributed by atoms with van der Waals surface area (Å²) >= 11 is 0. The Labute approximate surface area is 163 Å². The lowest BCUT2D eigenvalue weighted by atomic mass is 9.89. The molecule has 1 N–H and O–H groups in total. The number of likely N-dealkylation sites (N-methyl/N-ethyl adjacent to an activating group) is 1. The zero-order chi connectivity index (χ0) is 20.3. The summed E-state index contributed by atoms with van der Waals surface area (Å²) in [6.07, 6.45) is 0.677. The van der Waals surface area contributed by atoms with Crippen molar-refractivity contribution in [1.82, 2.24) is 4.90 Å². The van der Waals surface area contributed by atoms with Gasteiger partial charge in [0.1, 0.15) is 5.82 Å². The molecule has 0 radical (unpaired) electrons. The Bertz CT molecular complexity index is 900. The number of hydrogen-bond acceptors (Lipinski definition) is 4. The van der Waals surface area contributed by atoms with Crippen LogP contribution in [0.25, 0.3) is 0 Å². The van der Waals surface area contributed by atoms with Gasteiger partial charge in [-0.2, -0.15) is 0 Å². The molecule has 0 spiro atoms. The van der Waals surface area contributed by atoms with Crippen LogP contribution >= 0.6 is 0 Å². The molecule has 7 heteroatoms. The first-order valence-corrected chi connectivity index (χ1v) is 8.98.